The number of likely N-dealkylation sites (tertiary alicyclic amines) is 1. The van der Waals surface area contributed by atoms with Crippen molar-refractivity contribution in [2.45, 2.75) is 30.0 Å². The molecule has 1 aliphatic rings. The Morgan fingerprint density at radius 2 is 2.19 bits per heavy atom. The van der Waals surface area contributed by atoms with Gasteiger partial charge in [-0.2, -0.15) is 0 Å². The molecule has 0 aromatic carbocycles. The summed E-state index contributed by atoms with van der Waals surface area (Å²) in [6.45, 7) is 3.35. The first-order chi connectivity index (χ1) is 14.8. The van der Waals surface area contributed by atoms with Crippen molar-refractivity contribution in [3.8, 4) is 22.9 Å². The van der Waals surface area contributed by atoms with Crippen molar-refractivity contribution in [3.63, 3.8) is 0 Å². The SMILES string of the molecule is C#CCC(=O)N1C[C@@H](C)C[C@@H](Nc2c(-c3ncc(S(C)(=O)=O)s3)cnc3[nH]ccc23)C1. The number of terminal acetylenes is 1. The highest BCUT2D eigenvalue weighted by Crippen LogP contribution is 2.37. The molecule has 1 saturated heterocycles. The van der Waals surface area contributed by atoms with E-state index in [1.165, 1.54) is 12.5 Å². The number of carbonyl (C=O) groups excluding carboxylic acids is 1. The highest BCUT2D eigenvalue weighted by Gasteiger charge is 2.29. The van der Waals surface area contributed by atoms with Crippen LogP contribution in [0.3, 0.4) is 0 Å². The largest absolute Gasteiger partial charge is 0.379 e. The van der Waals surface area contributed by atoms with Crippen LogP contribution in [-0.4, -0.2) is 59.6 Å². The first-order valence-corrected chi connectivity index (χ1v) is 12.6. The van der Waals surface area contributed by atoms with Gasteiger partial charge in [0.1, 0.15) is 14.9 Å². The molecule has 1 aliphatic heterocycles. The number of hydrogen-bond acceptors (Lipinski definition) is 7. The number of hydrogen-bond donors (Lipinski definition) is 2. The predicted octanol–water partition coefficient (Wildman–Crippen LogP) is 2.76. The minimum absolute atomic E-state index is 0.0130. The molecule has 2 N–H and O–H groups in total. The standard InChI is InChI=1S/C21H23N5O3S2/c1-4-5-17(27)26-11-13(2)8-14(12-26)25-19-15-6-7-22-20(15)23-9-16(19)21-24-10-18(30-21)31(3,28)29/h1,6-7,9-10,13-14H,5,8,11-12H2,2-3H3,(H2,22,23,25)/t13-,14+/m0/s1. The van der Waals surface area contributed by atoms with Gasteiger partial charge in [0, 0.05) is 43.2 Å². The van der Waals surface area contributed by atoms with Gasteiger partial charge in [0.25, 0.3) is 0 Å². The number of nitrogens with one attached hydrogen (secondary N) is 2. The summed E-state index contributed by atoms with van der Waals surface area (Å²) >= 11 is 1.12. The number of piperidine rings is 1. The number of H-pyrrole nitrogens is 1. The smallest absolute Gasteiger partial charge is 0.234 e. The van der Waals surface area contributed by atoms with Gasteiger partial charge in [-0.25, -0.2) is 18.4 Å². The van der Waals surface area contributed by atoms with Gasteiger partial charge in [-0.3, -0.25) is 4.79 Å². The molecule has 0 unspecified atom stereocenters. The van der Waals surface area contributed by atoms with E-state index in [0.717, 1.165) is 40.0 Å². The van der Waals surface area contributed by atoms with E-state index in [-0.39, 0.29) is 22.6 Å². The molecule has 0 aliphatic carbocycles. The van der Waals surface area contributed by atoms with Crippen LogP contribution < -0.4 is 5.32 Å². The number of nitrogens with zero attached hydrogens (tertiary/aromatic N) is 3. The van der Waals surface area contributed by atoms with E-state index in [1.807, 2.05) is 17.2 Å². The first kappa shape index (κ1) is 21.3. The fourth-order valence-corrected chi connectivity index (χ4v) is 5.70. The normalized spacial score (nSPS) is 19.3. The van der Waals surface area contributed by atoms with Gasteiger partial charge < -0.3 is 15.2 Å². The van der Waals surface area contributed by atoms with Gasteiger partial charge >= 0.3 is 0 Å². The molecule has 8 nitrogen and oxygen atoms in total. The summed E-state index contributed by atoms with van der Waals surface area (Å²) in [5.74, 6) is 2.70. The molecule has 1 amide bonds. The van der Waals surface area contributed by atoms with Crippen LogP contribution in [0.25, 0.3) is 21.6 Å². The fourth-order valence-electron chi connectivity index (χ4n) is 3.94. The number of rotatable bonds is 5. The summed E-state index contributed by atoms with van der Waals surface area (Å²) in [6, 6.07) is 1.94. The summed E-state index contributed by atoms with van der Waals surface area (Å²) < 4.78 is 24.1. The Morgan fingerprint density at radius 3 is 2.90 bits per heavy atom. The van der Waals surface area contributed by atoms with Gasteiger partial charge in [-0.05, 0) is 18.4 Å². The third-order valence-corrected chi connectivity index (χ3v) is 8.10. The predicted molar refractivity (Wildman–Crippen MR) is 122 cm³/mol. The number of aromatic amines is 1. The molecular weight excluding hydrogens is 434 g/mol. The van der Waals surface area contributed by atoms with Gasteiger partial charge in [0.15, 0.2) is 9.84 Å². The number of carbonyl (C=O) groups is 1. The molecule has 3 aromatic rings. The Balaban J connectivity index is 1.70. The molecule has 4 heterocycles. The molecule has 10 heteroatoms. The second kappa shape index (κ2) is 8.32. The topological polar surface area (TPSA) is 108 Å². The van der Waals surface area contributed by atoms with Crippen LogP contribution in [0.15, 0.2) is 28.9 Å². The van der Waals surface area contributed by atoms with Crippen LogP contribution in [0.4, 0.5) is 5.69 Å². The number of amides is 1. The Hall–Kier alpha value is -2.90. The molecule has 0 bridgehead atoms. The number of sulfone groups is 1. The van der Waals surface area contributed by atoms with E-state index in [2.05, 4.69) is 33.1 Å². The van der Waals surface area contributed by atoms with Crippen LogP contribution in [0.5, 0.6) is 0 Å². The maximum Gasteiger partial charge on any atom is 0.234 e. The average Bonchev–Trinajstić information content (AvgIpc) is 3.37. The molecular formula is C21H23N5O3S2. The van der Waals surface area contributed by atoms with Crippen molar-refractivity contribution in [1.82, 2.24) is 19.9 Å². The van der Waals surface area contributed by atoms with Gasteiger partial charge in [-0.1, -0.05) is 12.8 Å². The van der Waals surface area contributed by atoms with Gasteiger partial charge in [-0.15, -0.1) is 17.8 Å². The number of fused-ring (bicyclic) bond motifs is 1. The zero-order valence-corrected chi connectivity index (χ0v) is 18.9. The van der Waals surface area contributed by atoms with Crippen molar-refractivity contribution in [2.24, 2.45) is 5.92 Å². The van der Waals surface area contributed by atoms with Crippen LogP contribution in [0.1, 0.15) is 19.8 Å². The monoisotopic (exact) mass is 457 g/mol. The molecule has 0 saturated carbocycles. The Kier molecular flexibility index (Phi) is 5.73. The van der Waals surface area contributed by atoms with Crippen molar-refractivity contribution in [2.75, 3.05) is 24.7 Å². The zero-order valence-electron chi connectivity index (χ0n) is 17.3. The molecule has 162 valence electrons. The van der Waals surface area contributed by atoms with E-state index in [0.29, 0.717) is 24.0 Å². The Bertz CT molecular complexity index is 1270. The molecule has 1 fully saturated rings. The van der Waals surface area contributed by atoms with Crippen molar-refractivity contribution in [1.29, 1.82) is 0 Å². The van der Waals surface area contributed by atoms with E-state index >= 15 is 0 Å². The molecule has 0 spiro atoms. The van der Waals surface area contributed by atoms with Gasteiger partial charge in [0.2, 0.25) is 5.91 Å². The second-order valence-electron chi connectivity index (χ2n) is 7.91. The Morgan fingerprint density at radius 1 is 1.39 bits per heavy atom. The minimum atomic E-state index is -3.34. The summed E-state index contributed by atoms with van der Waals surface area (Å²) in [6.07, 6.45) is 12.4. The number of pyridine rings is 1. The third-order valence-electron chi connectivity index (χ3n) is 5.28. The lowest BCUT2D eigenvalue weighted by molar-refractivity contribution is -0.131. The van der Waals surface area contributed by atoms with E-state index in [4.69, 9.17) is 6.42 Å². The quantitative estimate of drug-likeness (QED) is 0.571. The Labute approximate surface area is 185 Å². The summed E-state index contributed by atoms with van der Waals surface area (Å²) in [7, 11) is -3.34. The summed E-state index contributed by atoms with van der Waals surface area (Å²) in [5.41, 5.74) is 2.27. The maximum atomic E-state index is 12.4. The summed E-state index contributed by atoms with van der Waals surface area (Å²) in [4.78, 5) is 26.1. The maximum absolute atomic E-state index is 12.4. The van der Waals surface area contributed by atoms with Crippen LogP contribution in [0, 0.1) is 18.3 Å². The van der Waals surface area contributed by atoms with Crippen molar-refractivity contribution in [3.05, 3.63) is 24.7 Å². The summed E-state index contributed by atoms with van der Waals surface area (Å²) in [5, 5.41) is 5.05. The van der Waals surface area contributed by atoms with E-state index in [1.54, 1.807) is 6.20 Å². The number of anilines is 1. The van der Waals surface area contributed by atoms with Crippen LogP contribution >= 0.6 is 11.3 Å². The zero-order chi connectivity index (χ0) is 22.2. The lowest BCUT2D eigenvalue weighted by Gasteiger charge is -2.37. The highest BCUT2D eigenvalue weighted by molar-refractivity contribution is 7.92. The molecule has 2 atom stereocenters. The molecule has 4 rings (SSSR count). The van der Waals surface area contributed by atoms with Crippen molar-refractivity contribution < 1.29 is 13.2 Å². The highest BCUT2D eigenvalue weighted by atomic mass is 32.2. The van der Waals surface area contributed by atoms with Gasteiger partial charge in [0.05, 0.1) is 23.9 Å². The minimum Gasteiger partial charge on any atom is -0.379 e. The average molecular weight is 458 g/mol. The lowest BCUT2D eigenvalue weighted by atomic mass is 9.95. The third kappa shape index (κ3) is 4.43. The molecule has 0 radical (unpaired) electrons. The number of thiazole rings is 1. The number of aromatic nitrogens is 3. The van der Waals surface area contributed by atoms with Crippen molar-refractivity contribution >= 4 is 43.8 Å². The molecule has 31 heavy (non-hydrogen) atoms. The first-order valence-electron chi connectivity index (χ1n) is 9.86. The lowest BCUT2D eigenvalue weighted by Crippen LogP contribution is -2.48. The van der Waals surface area contributed by atoms with E-state index < -0.39 is 9.84 Å². The fraction of sp³-hybridized carbons (Fsp3) is 0.381. The van der Waals surface area contributed by atoms with Crippen LogP contribution in [-0.2, 0) is 14.6 Å². The van der Waals surface area contributed by atoms with E-state index in [9.17, 15) is 13.2 Å². The second-order valence-corrected chi connectivity index (χ2v) is 11.2. The molecule has 3 aromatic heterocycles. The van der Waals surface area contributed by atoms with Crippen LogP contribution in [0.2, 0.25) is 0 Å².